The Hall–Kier alpha value is -0.930. The molecule has 0 aromatic rings. The molecule has 0 unspecified atom stereocenters. The van der Waals surface area contributed by atoms with Gasteiger partial charge in [-0.3, -0.25) is 0 Å². The number of carbonyl (C=O) groups excluding carboxylic acids is 1. The van der Waals surface area contributed by atoms with E-state index >= 15 is 0 Å². The monoisotopic (exact) mass is 444 g/mol. The number of nitrogens with one attached hydrogen (secondary N) is 2. The molecule has 31 heavy (non-hydrogen) atoms. The van der Waals surface area contributed by atoms with Gasteiger partial charge in [0.15, 0.2) is 12.1 Å². The van der Waals surface area contributed by atoms with Crippen molar-refractivity contribution in [2.45, 2.75) is 121 Å². The Morgan fingerprint density at radius 3 is 2.19 bits per heavy atom. The van der Waals surface area contributed by atoms with Crippen molar-refractivity contribution in [2.75, 3.05) is 20.2 Å². The second-order valence-electron chi connectivity index (χ2n) is 9.11. The summed E-state index contributed by atoms with van der Waals surface area (Å²) in [4.78, 5) is 11.4. The van der Waals surface area contributed by atoms with Crippen LogP contribution in [0.3, 0.4) is 0 Å². The number of aliphatic hydroxyl groups excluding tert-OH is 1. The molecule has 0 bridgehead atoms. The molecule has 3 N–H and O–H groups in total. The predicted molar refractivity (Wildman–Crippen MR) is 119 cm³/mol. The van der Waals surface area contributed by atoms with E-state index in [-0.39, 0.29) is 12.6 Å². The Bertz CT molecular complexity index is 518. The van der Waals surface area contributed by atoms with Gasteiger partial charge in [0.2, 0.25) is 0 Å². The topological polar surface area (TPSA) is 98.3 Å². The van der Waals surface area contributed by atoms with Gasteiger partial charge in [0.1, 0.15) is 24.4 Å². The first kappa shape index (κ1) is 26.3. The summed E-state index contributed by atoms with van der Waals surface area (Å²) in [5, 5.41) is 15.6. The Morgan fingerprint density at radius 1 is 1.00 bits per heavy atom. The number of hydrogen-bond donors (Lipinski definition) is 3. The molecule has 0 spiro atoms. The summed E-state index contributed by atoms with van der Waals surface area (Å²) in [7, 11) is 1.53. The molecule has 0 radical (unpaired) electrons. The summed E-state index contributed by atoms with van der Waals surface area (Å²) in [5.41, 5.74) is 0. The highest BCUT2D eigenvalue weighted by Crippen LogP contribution is 2.40. The summed E-state index contributed by atoms with van der Waals surface area (Å²) in [6, 6.07) is -0.355. The van der Waals surface area contributed by atoms with Gasteiger partial charge in [-0.25, -0.2) is 4.79 Å². The van der Waals surface area contributed by atoms with E-state index in [4.69, 9.17) is 18.9 Å². The van der Waals surface area contributed by atoms with Crippen LogP contribution in [0, 0.1) is 0 Å². The zero-order valence-electron chi connectivity index (χ0n) is 19.9. The summed E-state index contributed by atoms with van der Waals surface area (Å²) in [6.07, 6.45) is 9.74. The first-order chi connectivity index (χ1) is 14.9. The zero-order chi connectivity index (χ0) is 22.7. The van der Waals surface area contributed by atoms with Crippen LogP contribution >= 0.6 is 0 Å². The van der Waals surface area contributed by atoms with Gasteiger partial charge in [0, 0.05) is 20.2 Å². The van der Waals surface area contributed by atoms with Crippen LogP contribution in [-0.2, 0) is 18.9 Å². The van der Waals surface area contributed by atoms with Gasteiger partial charge in [-0.1, -0.05) is 64.7 Å². The Labute approximate surface area is 187 Å². The number of urea groups is 1. The quantitative estimate of drug-likeness (QED) is 0.335. The van der Waals surface area contributed by atoms with Gasteiger partial charge in [-0.05, 0) is 20.3 Å². The van der Waals surface area contributed by atoms with Gasteiger partial charge in [-0.15, -0.1) is 0 Å². The molecule has 2 fully saturated rings. The van der Waals surface area contributed by atoms with E-state index in [1.165, 1.54) is 58.4 Å². The Morgan fingerprint density at radius 2 is 1.58 bits per heavy atom. The zero-order valence-corrected chi connectivity index (χ0v) is 19.9. The molecule has 0 aromatic carbocycles. The minimum absolute atomic E-state index is 0.0580. The van der Waals surface area contributed by atoms with Crippen molar-refractivity contribution in [2.24, 2.45) is 0 Å². The van der Waals surface area contributed by atoms with E-state index in [1.54, 1.807) is 0 Å². The van der Waals surface area contributed by atoms with Crippen LogP contribution in [0.25, 0.3) is 0 Å². The number of rotatable bonds is 15. The largest absolute Gasteiger partial charge is 0.388 e. The highest BCUT2D eigenvalue weighted by Gasteiger charge is 2.57. The molecule has 5 atom stereocenters. The predicted octanol–water partition coefficient (Wildman–Crippen LogP) is 3.46. The van der Waals surface area contributed by atoms with E-state index in [9.17, 15) is 9.90 Å². The minimum Gasteiger partial charge on any atom is -0.388 e. The van der Waals surface area contributed by atoms with Crippen LogP contribution in [0.1, 0.15) is 85.0 Å². The molecule has 2 aliphatic rings. The molecular weight excluding hydrogens is 400 g/mol. The average molecular weight is 445 g/mol. The molecule has 2 aliphatic heterocycles. The molecule has 0 aliphatic carbocycles. The second kappa shape index (κ2) is 13.6. The van der Waals surface area contributed by atoms with E-state index in [2.05, 4.69) is 17.6 Å². The molecular formula is C23H44N2O6. The number of fused-ring (bicyclic) bond motifs is 1. The number of unbranched alkanes of at least 4 members (excludes halogenated alkanes) is 9. The molecule has 2 saturated heterocycles. The number of amides is 2. The first-order valence-corrected chi connectivity index (χ1v) is 12.1. The van der Waals surface area contributed by atoms with Crippen molar-refractivity contribution < 1.29 is 28.8 Å². The van der Waals surface area contributed by atoms with Crippen LogP contribution < -0.4 is 10.6 Å². The lowest BCUT2D eigenvalue weighted by Crippen LogP contribution is -2.46. The fourth-order valence-corrected chi connectivity index (χ4v) is 4.23. The van der Waals surface area contributed by atoms with Crippen molar-refractivity contribution in [3.63, 3.8) is 0 Å². The van der Waals surface area contributed by atoms with E-state index < -0.39 is 36.5 Å². The summed E-state index contributed by atoms with van der Waals surface area (Å²) >= 11 is 0. The first-order valence-electron chi connectivity index (χ1n) is 12.1. The van der Waals surface area contributed by atoms with E-state index in [1.807, 2.05) is 13.8 Å². The van der Waals surface area contributed by atoms with Gasteiger partial charge < -0.3 is 34.7 Å². The molecule has 0 saturated carbocycles. The number of aliphatic hydroxyl groups is 1. The van der Waals surface area contributed by atoms with Gasteiger partial charge in [0.25, 0.3) is 0 Å². The second-order valence-corrected chi connectivity index (χ2v) is 9.11. The smallest absolute Gasteiger partial charge is 0.314 e. The maximum atomic E-state index is 11.4. The van der Waals surface area contributed by atoms with E-state index in [0.717, 1.165) is 12.8 Å². The molecule has 0 aromatic heterocycles. The molecule has 2 rings (SSSR count). The number of carbonyl (C=O) groups is 1. The van der Waals surface area contributed by atoms with Crippen LogP contribution in [-0.4, -0.2) is 67.8 Å². The normalized spacial score (nSPS) is 27.8. The molecule has 8 heteroatoms. The lowest BCUT2D eigenvalue weighted by molar-refractivity contribution is -0.242. The third kappa shape index (κ3) is 8.85. The molecule has 182 valence electrons. The fourth-order valence-electron chi connectivity index (χ4n) is 4.23. The molecule has 2 amide bonds. The summed E-state index contributed by atoms with van der Waals surface area (Å²) in [5.74, 6) is -0.760. The van der Waals surface area contributed by atoms with Crippen molar-refractivity contribution >= 4 is 6.03 Å². The Balaban J connectivity index is 1.67. The van der Waals surface area contributed by atoms with Crippen LogP contribution in [0.15, 0.2) is 0 Å². The van der Waals surface area contributed by atoms with E-state index in [0.29, 0.717) is 6.61 Å². The molecule has 2 heterocycles. The minimum atomic E-state index is -0.923. The maximum Gasteiger partial charge on any atom is 0.314 e. The lowest BCUT2D eigenvalue weighted by Gasteiger charge is -2.26. The maximum absolute atomic E-state index is 11.4. The number of hydrogen-bond acceptors (Lipinski definition) is 6. The number of ether oxygens (including phenoxy) is 4. The molecule has 8 nitrogen and oxygen atoms in total. The van der Waals surface area contributed by atoms with Crippen molar-refractivity contribution in [1.29, 1.82) is 0 Å². The highest BCUT2D eigenvalue weighted by atomic mass is 16.8. The van der Waals surface area contributed by atoms with Crippen molar-refractivity contribution in [3.05, 3.63) is 0 Å². The van der Waals surface area contributed by atoms with Gasteiger partial charge in [0.05, 0.1) is 0 Å². The van der Waals surface area contributed by atoms with Crippen LogP contribution in [0.5, 0.6) is 0 Å². The van der Waals surface area contributed by atoms with Crippen molar-refractivity contribution in [1.82, 2.24) is 10.6 Å². The Kier molecular flexibility index (Phi) is 11.5. The standard InChI is InChI=1S/C23H44N2O6/c1-5-6-7-8-9-10-11-12-13-14-15-28-21-20-19(30-23(2,3)31-20)18(29-21)17(26)16-25-22(27)24-4/h17-21,26H,5-16H2,1-4H3,(H2,24,25,27)/t17-,18-,19+,20+,21+/m1/s1. The highest BCUT2D eigenvalue weighted by molar-refractivity contribution is 5.73. The van der Waals surface area contributed by atoms with Crippen LogP contribution in [0.2, 0.25) is 0 Å². The average Bonchev–Trinajstić information content (AvgIpc) is 3.23. The third-order valence-corrected chi connectivity index (χ3v) is 5.90. The van der Waals surface area contributed by atoms with Crippen LogP contribution in [0.4, 0.5) is 4.79 Å². The van der Waals surface area contributed by atoms with Crippen molar-refractivity contribution in [3.8, 4) is 0 Å². The SMILES string of the molecule is CCCCCCCCCCCCO[C@H]1O[C@H]([C@H](O)CNC(=O)NC)[C@@H]2OC(C)(C)O[C@H]12. The lowest BCUT2D eigenvalue weighted by atomic mass is 10.1. The third-order valence-electron chi connectivity index (χ3n) is 5.90. The fraction of sp³-hybridized carbons (Fsp3) is 0.957. The summed E-state index contributed by atoms with van der Waals surface area (Å²) < 4.78 is 23.9. The van der Waals surface area contributed by atoms with Gasteiger partial charge in [-0.2, -0.15) is 0 Å². The summed E-state index contributed by atoms with van der Waals surface area (Å²) in [6.45, 7) is 6.59. The van der Waals surface area contributed by atoms with Gasteiger partial charge >= 0.3 is 6.03 Å².